The standard InChI is InChI=1S/C16H8O4S2/c17-15(18)7-1-3-9-11(5-7)21-14-10-4-2-8(16(19)20)6-12(10)22-13(9)14/h1-6H,(H,17,18)(H,19,20). The maximum atomic E-state index is 11.1. The van der Waals surface area contributed by atoms with Gasteiger partial charge in [0.2, 0.25) is 0 Å². The number of hydrogen-bond donors (Lipinski definition) is 2. The Morgan fingerprint density at radius 3 is 1.50 bits per heavy atom. The van der Waals surface area contributed by atoms with Crippen LogP contribution in [0.3, 0.4) is 0 Å². The van der Waals surface area contributed by atoms with Gasteiger partial charge in [-0.15, -0.1) is 22.7 Å². The minimum absolute atomic E-state index is 0.277. The highest BCUT2D eigenvalue weighted by Gasteiger charge is 2.15. The molecule has 22 heavy (non-hydrogen) atoms. The van der Waals surface area contributed by atoms with Crippen molar-refractivity contribution in [2.45, 2.75) is 0 Å². The molecule has 2 N–H and O–H groups in total. The van der Waals surface area contributed by atoms with E-state index in [1.165, 1.54) is 0 Å². The molecule has 2 heterocycles. The van der Waals surface area contributed by atoms with Crippen LogP contribution in [-0.4, -0.2) is 22.2 Å². The summed E-state index contributed by atoms with van der Waals surface area (Å²) in [5.41, 5.74) is 0.553. The molecule has 2 aromatic carbocycles. The maximum Gasteiger partial charge on any atom is 0.335 e. The molecule has 2 aromatic heterocycles. The summed E-state index contributed by atoms with van der Waals surface area (Å²) in [7, 11) is 0. The van der Waals surface area contributed by atoms with Crippen LogP contribution in [-0.2, 0) is 0 Å². The van der Waals surface area contributed by atoms with Crippen LogP contribution in [0.4, 0.5) is 0 Å². The molecule has 0 fully saturated rings. The van der Waals surface area contributed by atoms with Crippen LogP contribution in [0.1, 0.15) is 20.7 Å². The van der Waals surface area contributed by atoms with Crippen molar-refractivity contribution in [3.63, 3.8) is 0 Å². The highest BCUT2D eigenvalue weighted by atomic mass is 32.1. The van der Waals surface area contributed by atoms with E-state index in [1.54, 1.807) is 46.9 Å². The van der Waals surface area contributed by atoms with Gasteiger partial charge < -0.3 is 10.2 Å². The average molecular weight is 328 g/mol. The van der Waals surface area contributed by atoms with Gasteiger partial charge in [0.05, 0.1) is 20.5 Å². The molecule has 6 heteroatoms. The van der Waals surface area contributed by atoms with Crippen LogP contribution < -0.4 is 0 Å². The van der Waals surface area contributed by atoms with E-state index in [9.17, 15) is 9.59 Å². The fraction of sp³-hybridized carbons (Fsp3) is 0. The molecule has 0 radical (unpaired) electrons. The molecule has 0 unspecified atom stereocenters. The van der Waals surface area contributed by atoms with Gasteiger partial charge in [-0.05, 0) is 24.3 Å². The largest absolute Gasteiger partial charge is 0.478 e. The minimum Gasteiger partial charge on any atom is -0.478 e. The van der Waals surface area contributed by atoms with E-state index >= 15 is 0 Å². The second-order valence-electron chi connectivity index (χ2n) is 4.89. The quantitative estimate of drug-likeness (QED) is 0.561. The lowest BCUT2D eigenvalue weighted by Crippen LogP contribution is -1.94. The zero-order valence-corrected chi connectivity index (χ0v) is 12.6. The number of fused-ring (bicyclic) bond motifs is 5. The summed E-state index contributed by atoms with van der Waals surface area (Å²) in [5, 5.41) is 20.2. The molecule has 0 bridgehead atoms. The summed E-state index contributed by atoms with van der Waals surface area (Å²) in [5.74, 6) is -1.87. The Morgan fingerprint density at radius 1 is 0.727 bits per heavy atom. The molecular formula is C16H8O4S2. The molecule has 4 aromatic rings. The molecule has 0 saturated heterocycles. The Balaban J connectivity index is 2.05. The first kappa shape index (κ1) is 13.2. The van der Waals surface area contributed by atoms with Gasteiger partial charge in [0.1, 0.15) is 0 Å². The smallest absolute Gasteiger partial charge is 0.335 e. The van der Waals surface area contributed by atoms with Crippen LogP contribution in [0, 0.1) is 0 Å². The lowest BCUT2D eigenvalue weighted by atomic mass is 10.1. The van der Waals surface area contributed by atoms with Crippen molar-refractivity contribution in [1.82, 2.24) is 0 Å². The second kappa shape index (κ2) is 4.53. The van der Waals surface area contributed by atoms with Crippen LogP contribution >= 0.6 is 22.7 Å². The molecule has 0 amide bonds. The lowest BCUT2D eigenvalue weighted by molar-refractivity contribution is 0.0686. The van der Waals surface area contributed by atoms with Crippen molar-refractivity contribution in [2.75, 3.05) is 0 Å². The van der Waals surface area contributed by atoms with Gasteiger partial charge in [-0.25, -0.2) is 9.59 Å². The number of carboxylic acids is 2. The number of carboxylic acid groups (broad SMARTS) is 2. The average Bonchev–Trinajstić information content (AvgIpc) is 3.01. The predicted molar refractivity (Wildman–Crippen MR) is 88.6 cm³/mol. The van der Waals surface area contributed by atoms with Gasteiger partial charge in [0.15, 0.2) is 0 Å². The molecular weight excluding hydrogens is 320 g/mol. The predicted octanol–water partition coefficient (Wildman–Crippen LogP) is 4.67. The van der Waals surface area contributed by atoms with Gasteiger partial charge >= 0.3 is 11.9 Å². The third kappa shape index (κ3) is 1.81. The highest BCUT2D eigenvalue weighted by Crippen LogP contribution is 2.44. The van der Waals surface area contributed by atoms with Crippen molar-refractivity contribution in [1.29, 1.82) is 0 Å². The van der Waals surface area contributed by atoms with Crippen LogP contribution in [0.5, 0.6) is 0 Å². The van der Waals surface area contributed by atoms with E-state index in [4.69, 9.17) is 10.2 Å². The Hall–Kier alpha value is -2.44. The van der Waals surface area contributed by atoms with Crippen molar-refractivity contribution in [3.8, 4) is 0 Å². The second-order valence-corrected chi connectivity index (χ2v) is 7.00. The third-order valence-corrected chi connectivity index (χ3v) is 6.08. The summed E-state index contributed by atoms with van der Waals surface area (Å²) < 4.78 is 4.03. The molecule has 0 aliphatic rings. The van der Waals surface area contributed by atoms with Gasteiger partial charge in [0, 0.05) is 20.2 Å². The molecule has 4 nitrogen and oxygen atoms in total. The van der Waals surface area contributed by atoms with Gasteiger partial charge in [-0.3, -0.25) is 0 Å². The highest BCUT2D eigenvalue weighted by molar-refractivity contribution is 7.36. The van der Waals surface area contributed by atoms with Crippen molar-refractivity contribution in [2.24, 2.45) is 0 Å². The molecule has 0 aliphatic carbocycles. The van der Waals surface area contributed by atoms with Crippen LogP contribution in [0.2, 0.25) is 0 Å². The number of thiophene rings is 2. The number of carbonyl (C=O) groups is 2. The Labute approximate surface area is 131 Å². The van der Waals surface area contributed by atoms with Crippen molar-refractivity contribution < 1.29 is 19.8 Å². The molecule has 0 saturated carbocycles. The third-order valence-electron chi connectivity index (χ3n) is 3.58. The fourth-order valence-corrected chi connectivity index (χ4v) is 5.25. The number of rotatable bonds is 2. The zero-order valence-electron chi connectivity index (χ0n) is 11.0. The molecule has 0 spiro atoms. The first-order chi connectivity index (χ1) is 10.5. The molecule has 4 rings (SSSR count). The minimum atomic E-state index is -0.936. The Morgan fingerprint density at radius 2 is 1.14 bits per heavy atom. The van der Waals surface area contributed by atoms with Gasteiger partial charge in [-0.2, -0.15) is 0 Å². The molecule has 0 aliphatic heterocycles. The van der Waals surface area contributed by atoms with E-state index in [1.807, 2.05) is 12.1 Å². The Kier molecular flexibility index (Phi) is 2.72. The van der Waals surface area contributed by atoms with E-state index in [-0.39, 0.29) is 11.1 Å². The van der Waals surface area contributed by atoms with Gasteiger partial charge in [0.25, 0.3) is 0 Å². The number of hydrogen-bond acceptors (Lipinski definition) is 4. The van der Waals surface area contributed by atoms with Crippen molar-refractivity contribution >= 4 is 64.2 Å². The molecule has 108 valence electrons. The molecule has 0 atom stereocenters. The van der Waals surface area contributed by atoms with E-state index < -0.39 is 11.9 Å². The van der Waals surface area contributed by atoms with Crippen LogP contribution in [0.15, 0.2) is 36.4 Å². The lowest BCUT2D eigenvalue weighted by Gasteiger charge is -1.95. The SMILES string of the molecule is O=C(O)c1ccc2c(c1)sc1c3ccc(C(=O)O)cc3sc21. The summed E-state index contributed by atoms with van der Waals surface area (Å²) in [4.78, 5) is 22.1. The topological polar surface area (TPSA) is 74.6 Å². The first-order valence-corrected chi connectivity index (χ1v) is 8.03. The summed E-state index contributed by atoms with van der Waals surface area (Å²) in [6.45, 7) is 0. The van der Waals surface area contributed by atoms with Gasteiger partial charge in [-0.1, -0.05) is 12.1 Å². The van der Waals surface area contributed by atoms with E-state index in [0.29, 0.717) is 0 Å². The van der Waals surface area contributed by atoms with Crippen molar-refractivity contribution in [3.05, 3.63) is 47.5 Å². The van der Waals surface area contributed by atoms with E-state index in [0.717, 1.165) is 29.6 Å². The zero-order chi connectivity index (χ0) is 15.4. The van der Waals surface area contributed by atoms with Crippen LogP contribution in [0.25, 0.3) is 29.6 Å². The summed E-state index contributed by atoms with van der Waals surface area (Å²) >= 11 is 3.09. The Bertz CT molecular complexity index is 1000. The summed E-state index contributed by atoms with van der Waals surface area (Å²) in [6.07, 6.45) is 0. The summed E-state index contributed by atoms with van der Waals surface area (Å²) in [6, 6.07) is 10.2. The number of benzene rings is 2. The monoisotopic (exact) mass is 328 g/mol. The fourth-order valence-electron chi connectivity index (χ4n) is 2.52. The first-order valence-electron chi connectivity index (χ1n) is 6.40. The number of aromatic carboxylic acids is 2. The maximum absolute atomic E-state index is 11.1. The normalized spacial score (nSPS) is 11.5. The van der Waals surface area contributed by atoms with E-state index in [2.05, 4.69) is 0 Å².